The minimum Gasteiger partial charge on any atom is -0.462 e. The molecule has 30 heavy (non-hydrogen) atoms. The summed E-state index contributed by atoms with van der Waals surface area (Å²) in [7, 11) is 0. The number of hydrogen-bond donors (Lipinski definition) is 0. The van der Waals surface area contributed by atoms with Crippen LogP contribution in [0.4, 0.5) is 0 Å². The van der Waals surface area contributed by atoms with Gasteiger partial charge in [-0.25, -0.2) is 9.59 Å². The summed E-state index contributed by atoms with van der Waals surface area (Å²) in [6.07, 6.45) is 2.86. The molecule has 2 aromatic rings. The van der Waals surface area contributed by atoms with E-state index in [-0.39, 0.29) is 24.4 Å². The Bertz CT molecular complexity index is 953. The van der Waals surface area contributed by atoms with E-state index in [1.165, 1.54) is 12.2 Å². The monoisotopic (exact) mass is 398 g/mol. The van der Waals surface area contributed by atoms with E-state index in [0.29, 0.717) is 0 Å². The highest BCUT2D eigenvalue weighted by atomic mass is 16.5. The Hall–Kier alpha value is -4.02. The van der Waals surface area contributed by atoms with Crippen molar-refractivity contribution in [1.29, 1.82) is 0 Å². The van der Waals surface area contributed by atoms with Crippen LogP contribution in [-0.2, 0) is 19.1 Å². The average Bonchev–Trinajstić information content (AvgIpc) is 2.77. The minimum atomic E-state index is -0.573. The number of carbonyl (C=O) groups is 2. The van der Waals surface area contributed by atoms with E-state index in [1.54, 1.807) is 13.8 Å². The number of hydrogen-bond acceptors (Lipinski definition) is 4. The second-order valence-corrected chi connectivity index (χ2v) is 5.83. The van der Waals surface area contributed by atoms with E-state index in [0.717, 1.165) is 11.1 Å². The standard InChI is InChI=1S/C26H22O4/c1-3-29-25(27)23(17-15-21-11-7-5-8-12-21)19-20-24(26(28)30-4-2)18-16-22-13-9-6-10-14-22/h5-14,19-20H,3-4H2,1-2H3/b23-19+,24-20+. The van der Waals surface area contributed by atoms with Gasteiger partial charge in [0, 0.05) is 11.1 Å². The lowest BCUT2D eigenvalue weighted by molar-refractivity contribution is -0.139. The van der Waals surface area contributed by atoms with Gasteiger partial charge in [0.1, 0.15) is 11.1 Å². The first-order valence-electron chi connectivity index (χ1n) is 9.54. The van der Waals surface area contributed by atoms with Crippen molar-refractivity contribution in [2.75, 3.05) is 13.2 Å². The lowest BCUT2D eigenvalue weighted by Gasteiger charge is -2.01. The van der Waals surface area contributed by atoms with Crippen LogP contribution in [0.3, 0.4) is 0 Å². The Labute approximate surface area is 177 Å². The van der Waals surface area contributed by atoms with Crippen LogP contribution in [-0.4, -0.2) is 25.2 Å². The van der Waals surface area contributed by atoms with E-state index in [1.807, 2.05) is 60.7 Å². The lowest BCUT2D eigenvalue weighted by Crippen LogP contribution is -2.08. The zero-order valence-electron chi connectivity index (χ0n) is 17.0. The van der Waals surface area contributed by atoms with Crippen LogP contribution in [0.5, 0.6) is 0 Å². The predicted molar refractivity (Wildman–Crippen MR) is 116 cm³/mol. The van der Waals surface area contributed by atoms with Gasteiger partial charge in [-0.1, -0.05) is 60.1 Å². The van der Waals surface area contributed by atoms with Gasteiger partial charge in [0.25, 0.3) is 0 Å². The maximum absolute atomic E-state index is 12.3. The van der Waals surface area contributed by atoms with Crippen LogP contribution in [0.1, 0.15) is 25.0 Å². The van der Waals surface area contributed by atoms with Gasteiger partial charge >= 0.3 is 11.9 Å². The van der Waals surface area contributed by atoms with Gasteiger partial charge in [0.05, 0.1) is 13.2 Å². The van der Waals surface area contributed by atoms with Crippen molar-refractivity contribution in [3.63, 3.8) is 0 Å². The molecule has 2 aromatic carbocycles. The zero-order valence-corrected chi connectivity index (χ0v) is 17.0. The summed E-state index contributed by atoms with van der Waals surface area (Å²) in [5.41, 5.74) is 1.74. The third-order valence-electron chi connectivity index (χ3n) is 3.64. The highest BCUT2D eigenvalue weighted by Crippen LogP contribution is 2.05. The van der Waals surface area contributed by atoms with Crippen LogP contribution < -0.4 is 0 Å². The molecule has 4 nitrogen and oxygen atoms in total. The van der Waals surface area contributed by atoms with Gasteiger partial charge in [-0.2, -0.15) is 0 Å². The summed E-state index contributed by atoms with van der Waals surface area (Å²) in [6, 6.07) is 18.5. The van der Waals surface area contributed by atoms with Crippen LogP contribution in [0.25, 0.3) is 0 Å². The molecule has 0 spiro atoms. The maximum Gasteiger partial charge on any atom is 0.346 e. The molecule has 4 heteroatoms. The molecule has 0 fully saturated rings. The largest absolute Gasteiger partial charge is 0.462 e. The Kier molecular flexibility index (Phi) is 9.24. The molecule has 0 aliphatic carbocycles. The summed E-state index contributed by atoms with van der Waals surface area (Å²) in [5, 5.41) is 0. The van der Waals surface area contributed by atoms with Gasteiger partial charge in [-0.05, 0) is 50.3 Å². The van der Waals surface area contributed by atoms with E-state index < -0.39 is 11.9 Å². The molecule has 0 aliphatic rings. The molecule has 0 saturated heterocycles. The molecule has 150 valence electrons. The average molecular weight is 398 g/mol. The topological polar surface area (TPSA) is 52.6 Å². The van der Waals surface area contributed by atoms with Gasteiger partial charge in [0.2, 0.25) is 0 Å². The Morgan fingerprint density at radius 1 is 0.700 bits per heavy atom. The number of ether oxygens (including phenoxy) is 2. The molecule has 0 aliphatic heterocycles. The first kappa shape index (κ1) is 22.3. The number of benzene rings is 2. The van der Waals surface area contributed by atoms with Crippen molar-refractivity contribution in [3.05, 3.63) is 95.1 Å². The number of carbonyl (C=O) groups excluding carboxylic acids is 2. The van der Waals surface area contributed by atoms with Gasteiger partial charge in [0.15, 0.2) is 0 Å². The molecule has 0 bridgehead atoms. The smallest absolute Gasteiger partial charge is 0.346 e. The Morgan fingerprint density at radius 3 is 1.40 bits per heavy atom. The molecule has 0 unspecified atom stereocenters. The van der Waals surface area contributed by atoms with Crippen LogP contribution in [0.15, 0.2) is 84.0 Å². The predicted octanol–water partition coefficient (Wildman–Crippen LogP) is 4.07. The first-order valence-corrected chi connectivity index (χ1v) is 9.54. The number of esters is 2. The van der Waals surface area contributed by atoms with Gasteiger partial charge in [-0.15, -0.1) is 0 Å². The molecular weight excluding hydrogens is 376 g/mol. The molecule has 0 saturated carbocycles. The second kappa shape index (κ2) is 12.4. The van der Waals surface area contributed by atoms with Crippen molar-refractivity contribution < 1.29 is 19.1 Å². The normalized spacial score (nSPS) is 10.7. The van der Waals surface area contributed by atoms with Crippen LogP contribution in [0.2, 0.25) is 0 Å². The molecular formula is C26H22O4. The number of allylic oxidation sites excluding steroid dienone is 2. The van der Waals surface area contributed by atoms with Crippen molar-refractivity contribution in [1.82, 2.24) is 0 Å². The molecule has 0 aromatic heterocycles. The van der Waals surface area contributed by atoms with E-state index in [2.05, 4.69) is 23.7 Å². The minimum absolute atomic E-state index is 0.115. The molecule has 0 radical (unpaired) electrons. The van der Waals surface area contributed by atoms with E-state index in [4.69, 9.17) is 9.47 Å². The quantitative estimate of drug-likeness (QED) is 0.330. The highest BCUT2D eigenvalue weighted by Gasteiger charge is 2.10. The summed E-state index contributed by atoms with van der Waals surface area (Å²) in [6.45, 7) is 3.85. The van der Waals surface area contributed by atoms with Crippen LogP contribution >= 0.6 is 0 Å². The van der Waals surface area contributed by atoms with E-state index in [9.17, 15) is 9.59 Å². The van der Waals surface area contributed by atoms with E-state index >= 15 is 0 Å². The number of rotatable bonds is 5. The summed E-state index contributed by atoms with van der Waals surface area (Å²) in [5.74, 6) is 10.3. The zero-order chi connectivity index (χ0) is 21.6. The Balaban J connectivity index is 2.42. The summed E-state index contributed by atoms with van der Waals surface area (Å²) < 4.78 is 10.1. The fourth-order valence-electron chi connectivity index (χ4n) is 2.23. The maximum atomic E-state index is 12.3. The van der Waals surface area contributed by atoms with Crippen molar-refractivity contribution in [2.45, 2.75) is 13.8 Å². The fraction of sp³-hybridized carbons (Fsp3) is 0.154. The van der Waals surface area contributed by atoms with Gasteiger partial charge in [-0.3, -0.25) is 0 Å². The van der Waals surface area contributed by atoms with Crippen molar-refractivity contribution in [2.24, 2.45) is 0 Å². The van der Waals surface area contributed by atoms with Crippen LogP contribution in [0, 0.1) is 23.7 Å². The first-order chi connectivity index (χ1) is 14.6. The SMILES string of the molecule is CCOC(=O)/C(C#Cc1ccccc1)=C/C=C(\C#Cc1ccccc1)C(=O)OCC. The third kappa shape index (κ3) is 7.54. The molecule has 0 N–H and O–H groups in total. The molecule has 0 heterocycles. The second-order valence-electron chi connectivity index (χ2n) is 5.83. The molecule has 0 amide bonds. The highest BCUT2D eigenvalue weighted by molar-refractivity contribution is 5.96. The third-order valence-corrected chi connectivity index (χ3v) is 3.64. The van der Waals surface area contributed by atoms with Crippen molar-refractivity contribution >= 4 is 11.9 Å². The molecule has 0 atom stereocenters. The fourth-order valence-corrected chi connectivity index (χ4v) is 2.23. The summed E-state index contributed by atoms with van der Waals surface area (Å²) >= 11 is 0. The molecule has 2 rings (SSSR count). The lowest BCUT2D eigenvalue weighted by atomic mass is 10.1. The van der Waals surface area contributed by atoms with Crippen molar-refractivity contribution in [3.8, 4) is 23.7 Å². The Morgan fingerprint density at radius 2 is 1.07 bits per heavy atom. The van der Waals surface area contributed by atoms with Gasteiger partial charge < -0.3 is 9.47 Å². The summed E-state index contributed by atoms with van der Waals surface area (Å²) in [4.78, 5) is 24.6.